The van der Waals surface area contributed by atoms with Crippen molar-refractivity contribution in [3.63, 3.8) is 0 Å². The van der Waals surface area contributed by atoms with E-state index < -0.39 is 5.97 Å². The van der Waals surface area contributed by atoms with Crippen LogP contribution in [0.3, 0.4) is 0 Å². The van der Waals surface area contributed by atoms with E-state index >= 15 is 0 Å². The number of imidazole rings is 1. The predicted molar refractivity (Wildman–Crippen MR) is 107 cm³/mol. The molecular formula is C21H19N3O2S. The van der Waals surface area contributed by atoms with Crippen LogP contribution in [0.5, 0.6) is 0 Å². The molecule has 0 unspecified atom stereocenters. The van der Waals surface area contributed by atoms with Gasteiger partial charge in [0.15, 0.2) is 5.69 Å². The highest BCUT2D eigenvalue weighted by Gasteiger charge is 2.29. The first-order chi connectivity index (χ1) is 13.1. The van der Waals surface area contributed by atoms with Gasteiger partial charge in [0, 0.05) is 16.0 Å². The molecule has 0 spiro atoms. The summed E-state index contributed by atoms with van der Waals surface area (Å²) in [5.41, 5.74) is 4.79. The molecule has 0 saturated heterocycles. The third kappa shape index (κ3) is 3.06. The van der Waals surface area contributed by atoms with Crippen molar-refractivity contribution < 1.29 is 9.53 Å². The highest BCUT2D eigenvalue weighted by molar-refractivity contribution is 7.80. The van der Waals surface area contributed by atoms with E-state index in [1.54, 1.807) is 13.3 Å². The second-order valence-electron chi connectivity index (χ2n) is 6.29. The highest BCUT2D eigenvalue weighted by atomic mass is 32.1. The topological polar surface area (TPSA) is 56.5 Å². The van der Waals surface area contributed by atoms with E-state index in [0.29, 0.717) is 12.3 Å². The number of hydrogen-bond donors (Lipinski definition) is 1. The first-order valence-electron chi connectivity index (χ1n) is 8.81. The fraction of sp³-hybridized carbons (Fsp3) is 0.190. The number of aromatic nitrogens is 2. The molecule has 2 aromatic carbocycles. The molecule has 3 aromatic rings. The monoisotopic (exact) mass is 377 g/mol. The van der Waals surface area contributed by atoms with Gasteiger partial charge < -0.3 is 4.74 Å². The third-order valence-corrected chi connectivity index (χ3v) is 4.81. The van der Waals surface area contributed by atoms with Crippen LogP contribution in [0.1, 0.15) is 47.2 Å². The first kappa shape index (κ1) is 17.5. The van der Waals surface area contributed by atoms with E-state index in [4.69, 9.17) is 9.73 Å². The SMILES string of the molecule is CCOC(=O)c1ncn2c1[C@H](C)N=C(c1ccccc1)c1cc(S)ccc1-2. The van der Waals surface area contributed by atoms with E-state index in [9.17, 15) is 4.79 Å². The minimum Gasteiger partial charge on any atom is -0.461 e. The summed E-state index contributed by atoms with van der Waals surface area (Å²) in [5.74, 6) is -0.427. The minimum atomic E-state index is -0.427. The van der Waals surface area contributed by atoms with Gasteiger partial charge in [-0.2, -0.15) is 0 Å². The summed E-state index contributed by atoms with van der Waals surface area (Å²) in [7, 11) is 0. The highest BCUT2D eigenvalue weighted by Crippen LogP contribution is 2.33. The molecular weight excluding hydrogens is 358 g/mol. The Morgan fingerprint density at radius 3 is 2.74 bits per heavy atom. The van der Waals surface area contributed by atoms with Crippen molar-refractivity contribution in [2.24, 2.45) is 4.99 Å². The number of benzene rings is 2. The lowest BCUT2D eigenvalue weighted by Crippen LogP contribution is -2.11. The number of aliphatic imine (C=N–C) groups is 1. The lowest BCUT2D eigenvalue weighted by molar-refractivity contribution is 0.0518. The maximum atomic E-state index is 12.4. The van der Waals surface area contributed by atoms with Crippen LogP contribution in [0.4, 0.5) is 0 Å². The van der Waals surface area contributed by atoms with E-state index in [-0.39, 0.29) is 6.04 Å². The van der Waals surface area contributed by atoms with Crippen LogP contribution in [0.2, 0.25) is 0 Å². The second kappa shape index (κ2) is 7.04. The number of hydrogen-bond acceptors (Lipinski definition) is 5. The van der Waals surface area contributed by atoms with Crippen molar-refractivity contribution in [2.75, 3.05) is 6.61 Å². The Morgan fingerprint density at radius 2 is 2.00 bits per heavy atom. The quantitative estimate of drug-likeness (QED) is 0.548. The third-order valence-electron chi connectivity index (χ3n) is 4.53. The number of carbonyl (C=O) groups is 1. The second-order valence-corrected chi connectivity index (χ2v) is 6.81. The molecule has 6 heteroatoms. The van der Waals surface area contributed by atoms with Gasteiger partial charge in [-0.25, -0.2) is 9.78 Å². The Balaban J connectivity index is 1.98. The van der Waals surface area contributed by atoms with Crippen molar-refractivity contribution in [1.29, 1.82) is 0 Å². The number of thiol groups is 1. The van der Waals surface area contributed by atoms with Crippen LogP contribution >= 0.6 is 12.6 Å². The van der Waals surface area contributed by atoms with Gasteiger partial charge in [0.1, 0.15) is 6.33 Å². The number of carbonyl (C=O) groups excluding carboxylic acids is 1. The van der Waals surface area contributed by atoms with Gasteiger partial charge in [-0.1, -0.05) is 30.3 Å². The Hall–Kier alpha value is -2.86. The van der Waals surface area contributed by atoms with Crippen LogP contribution < -0.4 is 0 Å². The summed E-state index contributed by atoms with van der Waals surface area (Å²) in [6, 6.07) is 15.7. The average molecular weight is 377 g/mol. The van der Waals surface area contributed by atoms with Crippen molar-refractivity contribution in [2.45, 2.75) is 24.8 Å². The molecule has 0 N–H and O–H groups in total. The van der Waals surface area contributed by atoms with Gasteiger partial charge in [0.05, 0.1) is 29.7 Å². The summed E-state index contributed by atoms with van der Waals surface area (Å²) >= 11 is 4.51. The van der Waals surface area contributed by atoms with Gasteiger partial charge in [0.2, 0.25) is 0 Å². The zero-order valence-electron chi connectivity index (χ0n) is 15.1. The minimum absolute atomic E-state index is 0.266. The molecule has 136 valence electrons. The Labute approximate surface area is 163 Å². The molecule has 0 amide bonds. The van der Waals surface area contributed by atoms with Gasteiger partial charge in [-0.3, -0.25) is 9.56 Å². The van der Waals surface area contributed by atoms with Crippen LogP contribution in [-0.2, 0) is 4.74 Å². The fourth-order valence-electron chi connectivity index (χ4n) is 3.38. The van der Waals surface area contributed by atoms with Crippen molar-refractivity contribution in [1.82, 2.24) is 9.55 Å². The maximum absolute atomic E-state index is 12.4. The van der Waals surface area contributed by atoms with Gasteiger partial charge in [-0.05, 0) is 32.0 Å². The molecule has 1 aromatic heterocycles. The van der Waals surface area contributed by atoms with Crippen molar-refractivity contribution >= 4 is 24.3 Å². The van der Waals surface area contributed by atoms with Crippen molar-refractivity contribution in [3.05, 3.63) is 77.4 Å². The lowest BCUT2D eigenvalue weighted by atomic mass is 10.0. The Bertz CT molecular complexity index is 1040. The average Bonchev–Trinajstić information content (AvgIpc) is 3.07. The standard InChI is InChI=1S/C21H19N3O2S/c1-3-26-21(25)19-20-13(2)23-18(14-7-5-4-6-8-14)16-11-15(27)9-10-17(16)24(20)12-22-19/h4-13,27H,3H2,1-2H3/t13-/m0/s1. The van der Waals surface area contributed by atoms with Crippen LogP contribution in [0, 0.1) is 0 Å². The first-order valence-corrected chi connectivity index (χ1v) is 9.26. The normalized spacial score (nSPS) is 15.4. The summed E-state index contributed by atoms with van der Waals surface area (Å²) in [6.45, 7) is 4.05. The van der Waals surface area contributed by atoms with E-state index in [0.717, 1.165) is 33.1 Å². The van der Waals surface area contributed by atoms with Gasteiger partial charge in [-0.15, -0.1) is 12.6 Å². The number of nitrogens with zero attached hydrogens (tertiary/aromatic N) is 3. The largest absolute Gasteiger partial charge is 0.461 e. The molecule has 5 nitrogen and oxygen atoms in total. The molecule has 4 rings (SSSR count). The number of esters is 1. The fourth-order valence-corrected chi connectivity index (χ4v) is 3.58. The molecule has 2 heterocycles. The molecule has 0 saturated carbocycles. The maximum Gasteiger partial charge on any atom is 0.358 e. The molecule has 27 heavy (non-hydrogen) atoms. The summed E-state index contributed by atoms with van der Waals surface area (Å²) < 4.78 is 7.11. The molecule has 1 atom stereocenters. The number of ether oxygens (including phenoxy) is 1. The van der Waals surface area contributed by atoms with Gasteiger partial charge >= 0.3 is 5.97 Å². The predicted octanol–water partition coefficient (Wildman–Crippen LogP) is 4.25. The Kier molecular flexibility index (Phi) is 4.58. The molecule has 0 radical (unpaired) electrons. The molecule has 0 aliphatic carbocycles. The summed E-state index contributed by atoms with van der Waals surface area (Å²) in [4.78, 5) is 22.5. The molecule has 1 aliphatic heterocycles. The summed E-state index contributed by atoms with van der Waals surface area (Å²) in [6.07, 6.45) is 1.67. The van der Waals surface area contributed by atoms with Crippen LogP contribution in [0.25, 0.3) is 5.69 Å². The van der Waals surface area contributed by atoms with E-state index in [2.05, 4.69) is 17.6 Å². The Morgan fingerprint density at radius 1 is 1.22 bits per heavy atom. The zero-order chi connectivity index (χ0) is 19.0. The van der Waals surface area contributed by atoms with Crippen LogP contribution in [-0.4, -0.2) is 27.8 Å². The molecule has 0 bridgehead atoms. The number of fused-ring (bicyclic) bond motifs is 3. The van der Waals surface area contributed by atoms with Gasteiger partial charge in [0.25, 0.3) is 0 Å². The van der Waals surface area contributed by atoms with E-state index in [1.807, 2.05) is 60.0 Å². The van der Waals surface area contributed by atoms with Crippen molar-refractivity contribution in [3.8, 4) is 5.69 Å². The zero-order valence-corrected chi connectivity index (χ0v) is 16.0. The summed E-state index contributed by atoms with van der Waals surface area (Å²) in [5, 5.41) is 0. The molecule has 1 aliphatic rings. The van der Waals surface area contributed by atoms with Crippen LogP contribution in [0.15, 0.2) is 64.7 Å². The smallest absolute Gasteiger partial charge is 0.358 e. The van der Waals surface area contributed by atoms with E-state index in [1.165, 1.54) is 0 Å². The lowest BCUT2D eigenvalue weighted by Gasteiger charge is -2.12. The molecule has 0 fully saturated rings. The number of rotatable bonds is 3.